The van der Waals surface area contributed by atoms with Crippen molar-refractivity contribution >= 4 is 51.7 Å². The zero-order valence-electron chi connectivity index (χ0n) is 15.3. The maximum absolute atomic E-state index is 13.3. The summed E-state index contributed by atoms with van der Waals surface area (Å²) in [6.45, 7) is 0. The van der Waals surface area contributed by atoms with Crippen LogP contribution in [-0.2, 0) is 9.59 Å². The van der Waals surface area contributed by atoms with Gasteiger partial charge in [0.05, 0.1) is 12.8 Å². The van der Waals surface area contributed by atoms with Crippen molar-refractivity contribution in [3.05, 3.63) is 77.6 Å². The molecule has 0 saturated carbocycles. The Bertz CT molecular complexity index is 1190. The highest BCUT2D eigenvalue weighted by Crippen LogP contribution is 2.30. The molecule has 4 rings (SSSR count). The molecular formula is C22H15FN2O3S. The summed E-state index contributed by atoms with van der Waals surface area (Å²) in [6.07, 6.45) is 1.53. The van der Waals surface area contributed by atoms with E-state index in [1.807, 2.05) is 24.3 Å². The normalized spacial score (nSPS) is 15.7. The lowest BCUT2D eigenvalue weighted by molar-refractivity contribution is -0.122. The molecule has 0 radical (unpaired) electrons. The average Bonchev–Trinajstić information content (AvgIpc) is 2.72. The third-order valence-corrected chi connectivity index (χ3v) is 4.91. The van der Waals surface area contributed by atoms with Gasteiger partial charge in [-0.1, -0.05) is 30.3 Å². The van der Waals surface area contributed by atoms with Gasteiger partial charge in [0.15, 0.2) is 5.11 Å². The van der Waals surface area contributed by atoms with Crippen LogP contribution in [0.15, 0.2) is 66.2 Å². The number of ether oxygens (including phenoxy) is 1. The second kappa shape index (κ2) is 7.44. The number of amides is 2. The van der Waals surface area contributed by atoms with E-state index in [0.29, 0.717) is 17.0 Å². The van der Waals surface area contributed by atoms with Crippen LogP contribution in [-0.4, -0.2) is 24.0 Å². The van der Waals surface area contributed by atoms with Crippen molar-refractivity contribution < 1.29 is 18.7 Å². The highest BCUT2D eigenvalue weighted by molar-refractivity contribution is 7.80. The molecule has 1 heterocycles. The quantitative estimate of drug-likeness (QED) is 0.408. The molecule has 1 aliphatic rings. The molecule has 0 spiro atoms. The Morgan fingerprint density at radius 2 is 1.69 bits per heavy atom. The first-order valence-corrected chi connectivity index (χ1v) is 9.13. The minimum Gasteiger partial charge on any atom is -0.496 e. The van der Waals surface area contributed by atoms with Gasteiger partial charge in [-0.3, -0.25) is 19.8 Å². The summed E-state index contributed by atoms with van der Waals surface area (Å²) in [5, 5.41) is 4.17. The smallest absolute Gasteiger partial charge is 0.270 e. The van der Waals surface area contributed by atoms with Crippen LogP contribution in [0.3, 0.4) is 0 Å². The minimum atomic E-state index is -0.585. The number of rotatable bonds is 3. The van der Waals surface area contributed by atoms with Crippen molar-refractivity contribution in [3.63, 3.8) is 0 Å². The number of halogens is 1. The maximum atomic E-state index is 13.3. The van der Waals surface area contributed by atoms with E-state index in [1.54, 1.807) is 19.2 Å². The lowest BCUT2D eigenvalue weighted by atomic mass is 10.00. The zero-order valence-corrected chi connectivity index (χ0v) is 16.1. The highest BCUT2D eigenvalue weighted by atomic mass is 32.1. The van der Waals surface area contributed by atoms with E-state index in [4.69, 9.17) is 17.0 Å². The van der Waals surface area contributed by atoms with Gasteiger partial charge in [-0.05, 0) is 59.6 Å². The molecule has 29 heavy (non-hydrogen) atoms. The number of nitrogens with zero attached hydrogens (tertiary/aromatic N) is 1. The third-order valence-electron chi connectivity index (χ3n) is 4.62. The molecule has 1 fully saturated rings. The van der Waals surface area contributed by atoms with Crippen LogP contribution < -0.4 is 15.0 Å². The largest absolute Gasteiger partial charge is 0.496 e. The number of fused-ring (bicyclic) bond motifs is 1. The fraction of sp³-hybridized carbons (Fsp3) is 0.0455. The first kappa shape index (κ1) is 18.8. The molecule has 0 unspecified atom stereocenters. The first-order chi connectivity index (χ1) is 14.0. The number of carbonyl (C=O) groups is 2. The van der Waals surface area contributed by atoms with Crippen LogP contribution in [0, 0.1) is 5.82 Å². The molecule has 0 atom stereocenters. The van der Waals surface area contributed by atoms with E-state index in [2.05, 4.69) is 5.32 Å². The standard InChI is InChI=1S/C22H15FN2O3S/c1-28-19-11-6-13(16-4-2-3-5-17(16)19)12-18-20(26)24-22(29)25(21(18)27)15-9-7-14(23)8-10-15/h2-12H,1H3,(H,24,26,29)/b18-12-. The average molecular weight is 406 g/mol. The fourth-order valence-corrected chi connectivity index (χ4v) is 3.52. The van der Waals surface area contributed by atoms with Crippen LogP contribution in [0.4, 0.5) is 10.1 Å². The summed E-state index contributed by atoms with van der Waals surface area (Å²) in [7, 11) is 1.58. The van der Waals surface area contributed by atoms with Crippen LogP contribution in [0.2, 0.25) is 0 Å². The summed E-state index contributed by atoms with van der Waals surface area (Å²) in [4.78, 5) is 26.8. The van der Waals surface area contributed by atoms with Gasteiger partial charge in [0.1, 0.15) is 17.1 Å². The molecule has 1 saturated heterocycles. The Morgan fingerprint density at radius 1 is 1.00 bits per heavy atom. The summed E-state index contributed by atoms with van der Waals surface area (Å²) in [6, 6.07) is 16.4. The van der Waals surface area contributed by atoms with Crippen LogP contribution in [0.25, 0.3) is 16.8 Å². The number of benzene rings is 3. The lowest BCUT2D eigenvalue weighted by Gasteiger charge is -2.29. The van der Waals surface area contributed by atoms with E-state index < -0.39 is 17.6 Å². The summed E-state index contributed by atoms with van der Waals surface area (Å²) in [5.41, 5.74) is 0.983. The molecule has 3 aromatic carbocycles. The lowest BCUT2D eigenvalue weighted by Crippen LogP contribution is -2.54. The molecular weight excluding hydrogens is 391 g/mol. The monoisotopic (exact) mass is 406 g/mol. The molecule has 144 valence electrons. The second-order valence-electron chi connectivity index (χ2n) is 6.34. The summed E-state index contributed by atoms with van der Waals surface area (Å²) < 4.78 is 18.6. The molecule has 1 aliphatic heterocycles. The number of methoxy groups -OCH3 is 1. The van der Waals surface area contributed by atoms with Crippen LogP contribution in [0.1, 0.15) is 5.56 Å². The molecule has 0 aliphatic carbocycles. The minimum absolute atomic E-state index is 0.0525. The van der Waals surface area contributed by atoms with Gasteiger partial charge in [-0.2, -0.15) is 0 Å². The van der Waals surface area contributed by atoms with E-state index in [-0.39, 0.29) is 10.7 Å². The van der Waals surface area contributed by atoms with Crippen molar-refractivity contribution in [2.45, 2.75) is 0 Å². The number of anilines is 1. The van der Waals surface area contributed by atoms with Gasteiger partial charge < -0.3 is 4.74 Å². The van der Waals surface area contributed by atoms with Crippen LogP contribution >= 0.6 is 12.2 Å². The molecule has 0 aromatic heterocycles. The Labute approximate surface area is 171 Å². The van der Waals surface area contributed by atoms with Gasteiger partial charge in [0.25, 0.3) is 11.8 Å². The molecule has 2 amide bonds. The van der Waals surface area contributed by atoms with Crippen molar-refractivity contribution in [2.24, 2.45) is 0 Å². The van der Waals surface area contributed by atoms with Gasteiger partial charge in [0, 0.05) is 5.39 Å². The Hall–Kier alpha value is -3.58. The molecule has 3 aromatic rings. The fourth-order valence-electron chi connectivity index (χ4n) is 3.24. The van der Waals surface area contributed by atoms with Crippen molar-refractivity contribution in [2.75, 3.05) is 12.0 Å². The Morgan fingerprint density at radius 3 is 2.38 bits per heavy atom. The summed E-state index contributed by atoms with van der Waals surface area (Å²) in [5.74, 6) is -0.909. The van der Waals surface area contributed by atoms with E-state index in [1.165, 1.54) is 35.2 Å². The van der Waals surface area contributed by atoms with Gasteiger partial charge >= 0.3 is 0 Å². The molecule has 5 nitrogen and oxygen atoms in total. The summed E-state index contributed by atoms with van der Waals surface area (Å²) >= 11 is 5.16. The molecule has 1 N–H and O–H groups in total. The number of thiocarbonyl (C=S) groups is 1. The number of hydrogen-bond donors (Lipinski definition) is 1. The third kappa shape index (κ3) is 3.36. The number of hydrogen-bond acceptors (Lipinski definition) is 4. The van der Waals surface area contributed by atoms with E-state index >= 15 is 0 Å². The van der Waals surface area contributed by atoms with Gasteiger partial charge in [-0.15, -0.1) is 0 Å². The van der Waals surface area contributed by atoms with Gasteiger partial charge in [-0.25, -0.2) is 4.39 Å². The number of nitrogens with one attached hydrogen (secondary N) is 1. The van der Waals surface area contributed by atoms with Crippen molar-refractivity contribution in [1.29, 1.82) is 0 Å². The Kier molecular flexibility index (Phi) is 4.82. The first-order valence-electron chi connectivity index (χ1n) is 8.72. The predicted molar refractivity (Wildman–Crippen MR) is 113 cm³/mol. The highest BCUT2D eigenvalue weighted by Gasteiger charge is 2.34. The topological polar surface area (TPSA) is 58.6 Å². The predicted octanol–water partition coefficient (Wildman–Crippen LogP) is 3.82. The van der Waals surface area contributed by atoms with Crippen LogP contribution in [0.5, 0.6) is 5.75 Å². The SMILES string of the molecule is COc1ccc(/C=C2/C(=O)NC(=S)N(c3ccc(F)cc3)C2=O)c2ccccc12. The van der Waals surface area contributed by atoms with Crippen molar-refractivity contribution in [1.82, 2.24) is 5.32 Å². The molecule has 0 bridgehead atoms. The maximum Gasteiger partial charge on any atom is 0.270 e. The van der Waals surface area contributed by atoms with Crippen molar-refractivity contribution in [3.8, 4) is 5.75 Å². The zero-order chi connectivity index (χ0) is 20.5. The molecule has 7 heteroatoms. The number of carbonyl (C=O) groups excluding carboxylic acids is 2. The van der Waals surface area contributed by atoms with E-state index in [9.17, 15) is 14.0 Å². The second-order valence-corrected chi connectivity index (χ2v) is 6.72. The Balaban J connectivity index is 1.82. The van der Waals surface area contributed by atoms with E-state index in [0.717, 1.165) is 10.8 Å². The van der Waals surface area contributed by atoms with Gasteiger partial charge in [0.2, 0.25) is 0 Å².